The van der Waals surface area contributed by atoms with E-state index in [0.29, 0.717) is 23.4 Å². The van der Waals surface area contributed by atoms with Crippen molar-refractivity contribution in [2.24, 2.45) is 7.05 Å². The van der Waals surface area contributed by atoms with Crippen LogP contribution in [0.15, 0.2) is 24.3 Å². The van der Waals surface area contributed by atoms with Crippen LogP contribution in [0.4, 0.5) is 11.5 Å². The van der Waals surface area contributed by atoms with Crippen molar-refractivity contribution in [2.45, 2.75) is 6.92 Å². The first-order valence-corrected chi connectivity index (χ1v) is 5.61. The Balaban J connectivity index is 2.42. The molecule has 19 heavy (non-hydrogen) atoms. The number of aromatic nitrogens is 2. The molecule has 0 bridgehead atoms. The largest absolute Gasteiger partial charge is 0.478 e. The van der Waals surface area contributed by atoms with E-state index in [2.05, 4.69) is 10.4 Å². The highest BCUT2D eigenvalue weighted by atomic mass is 16.4. The zero-order valence-corrected chi connectivity index (χ0v) is 10.5. The molecule has 0 spiro atoms. The predicted octanol–water partition coefficient (Wildman–Crippen LogP) is 1.98. The molecule has 1 aromatic carbocycles. The van der Waals surface area contributed by atoms with Crippen molar-refractivity contribution in [1.29, 1.82) is 0 Å². The number of nitrogens with zero attached hydrogens (tertiary/aromatic N) is 2. The van der Waals surface area contributed by atoms with E-state index in [4.69, 9.17) is 5.11 Å². The van der Waals surface area contributed by atoms with Gasteiger partial charge in [-0.25, -0.2) is 4.79 Å². The Kier molecular flexibility index (Phi) is 3.33. The number of carbonyl (C=O) groups excluding carboxylic acids is 1. The molecule has 98 valence electrons. The molecule has 6 heteroatoms. The van der Waals surface area contributed by atoms with Crippen LogP contribution in [0.2, 0.25) is 0 Å². The maximum atomic E-state index is 11.0. The Morgan fingerprint density at radius 3 is 2.68 bits per heavy atom. The number of aldehydes is 1. The van der Waals surface area contributed by atoms with Gasteiger partial charge in [0, 0.05) is 18.7 Å². The molecule has 2 rings (SSSR count). The zero-order valence-electron chi connectivity index (χ0n) is 10.5. The van der Waals surface area contributed by atoms with Gasteiger partial charge in [-0.1, -0.05) is 0 Å². The van der Waals surface area contributed by atoms with Gasteiger partial charge in [0.15, 0.2) is 6.29 Å². The van der Waals surface area contributed by atoms with Gasteiger partial charge in [-0.15, -0.1) is 0 Å². The van der Waals surface area contributed by atoms with Crippen molar-refractivity contribution in [1.82, 2.24) is 9.78 Å². The average Bonchev–Trinajstić information content (AvgIpc) is 2.67. The van der Waals surface area contributed by atoms with E-state index < -0.39 is 5.97 Å². The summed E-state index contributed by atoms with van der Waals surface area (Å²) >= 11 is 0. The predicted molar refractivity (Wildman–Crippen MR) is 70.0 cm³/mol. The van der Waals surface area contributed by atoms with E-state index in [1.807, 2.05) is 13.0 Å². The molecule has 6 nitrogen and oxygen atoms in total. The molecular weight excluding hydrogens is 246 g/mol. The van der Waals surface area contributed by atoms with Crippen molar-refractivity contribution in [3.8, 4) is 0 Å². The molecule has 0 aliphatic heterocycles. The van der Waals surface area contributed by atoms with Crippen molar-refractivity contribution in [2.75, 3.05) is 5.32 Å². The van der Waals surface area contributed by atoms with Crippen LogP contribution in [-0.2, 0) is 7.05 Å². The Hall–Kier alpha value is -2.63. The Morgan fingerprint density at radius 1 is 1.42 bits per heavy atom. The van der Waals surface area contributed by atoms with E-state index in [0.717, 1.165) is 5.69 Å². The summed E-state index contributed by atoms with van der Waals surface area (Å²) in [5, 5.41) is 16.1. The fourth-order valence-corrected chi connectivity index (χ4v) is 1.77. The van der Waals surface area contributed by atoms with Crippen LogP contribution in [-0.4, -0.2) is 27.1 Å². The fourth-order valence-electron chi connectivity index (χ4n) is 1.77. The Morgan fingerprint density at radius 2 is 2.16 bits per heavy atom. The summed E-state index contributed by atoms with van der Waals surface area (Å²) in [6.45, 7) is 1.85. The van der Waals surface area contributed by atoms with Gasteiger partial charge in [-0.05, 0) is 25.1 Å². The standard InChI is InChI=1S/C13H13N3O3/c1-8-5-12(16(2)15-8)14-11-6-9(13(18)19)3-4-10(11)7-17/h3-7,14H,1-2H3,(H,18,19). The first kappa shape index (κ1) is 12.8. The fraction of sp³-hybridized carbons (Fsp3) is 0.154. The maximum absolute atomic E-state index is 11.0. The summed E-state index contributed by atoms with van der Waals surface area (Å²) in [5.74, 6) is -0.357. The number of benzene rings is 1. The first-order chi connectivity index (χ1) is 9.01. The molecule has 0 saturated carbocycles. The third kappa shape index (κ3) is 2.62. The quantitative estimate of drug-likeness (QED) is 0.820. The van der Waals surface area contributed by atoms with E-state index >= 15 is 0 Å². The Bertz CT molecular complexity index is 647. The number of carboxylic acid groups (broad SMARTS) is 1. The lowest BCUT2D eigenvalue weighted by Crippen LogP contribution is -2.04. The lowest BCUT2D eigenvalue weighted by Gasteiger charge is -2.09. The average molecular weight is 259 g/mol. The van der Waals surface area contributed by atoms with Crippen molar-refractivity contribution in [3.05, 3.63) is 41.1 Å². The summed E-state index contributed by atoms with van der Waals surface area (Å²) in [4.78, 5) is 21.9. The Labute approximate surface area is 109 Å². The second kappa shape index (κ2) is 4.93. The molecule has 0 amide bonds. The number of nitrogens with one attached hydrogen (secondary N) is 1. The number of hydrogen-bond donors (Lipinski definition) is 2. The highest BCUT2D eigenvalue weighted by Crippen LogP contribution is 2.22. The van der Waals surface area contributed by atoms with Crippen LogP contribution in [0.1, 0.15) is 26.4 Å². The summed E-state index contributed by atoms with van der Waals surface area (Å²) in [7, 11) is 1.76. The van der Waals surface area contributed by atoms with Gasteiger partial charge in [0.2, 0.25) is 0 Å². The second-order valence-corrected chi connectivity index (χ2v) is 4.14. The highest BCUT2D eigenvalue weighted by molar-refractivity contribution is 5.93. The topological polar surface area (TPSA) is 84.2 Å². The highest BCUT2D eigenvalue weighted by Gasteiger charge is 2.10. The summed E-state index contributed by atoms with van der Waals surface area (Å²) in [5.41, 5.74) is 1.78. The van der Waals surface area contributed by atoms with Gasteiger partial charge < -0.3 is 10.4 Å². The number of aromatic carboxylic acids is 1. The molecule has 0 fully saturated rings. The zero-order chi connectivity index (χ0) is 14.0. The van der Waals surface area contributed by atoms with Crippen LogP contribution >= 0.6 is 0 Å². The van der Waals surface area contributed by atoms with Gasteiger partial charge in [-0.3, -0.25) is 9.48 Å². The SMILES string of the molecule is Cc1cc(Nc2cc(C(=O)O)ccc2C=O)n(C)n1. The third-order valence-corrected chi connectivity index (χ3v) is 2.69. The van der Waals surface area contributed by atoms with Crippen molar-refractivity contribution in [3.63, 3.8) is 0 Å². The minimum atomic E-state index is -1.04. The van der Waals surface area contributed by atoms with Crippen molar-refractivity contribution >= 4 is 23.8 Å². The summed E-state index contributed by atoms with van der Waals surface area (Å²) in [6, 6.07) is 6.10. The number of hydrogen-bond acceptors (Lipinski definition) is 4. The lowest BCUT2D eigenvalue weighted by atomic mass is 10.1. The van der Waals surface area contributed by atoms with Crippen molar-refractivity contribution < 1.29 is 14.7 Å². The number of rotatable bonds is 4. The first-order valence-electron chi connectivity index (χ1n) is 5.61. The normalized spacial score (nSPS) is 10.2. The molecule has 0 aliphatic rings. The van der Waals surface area contributed by atoms with Crippen LogP contribution < -0.4 is 5.32 Å². The van der Waals surface area contributed by atoms with Gasteiger partial charge in [-0.2, -0.15) is 5.10 Å². The summed E-state index contributed by atoms with van der Waals surface area (Å²) in [6.07, 6.45) is 0.678. The maximum Gasteiger partial charge on any atom is 0.335 e. The number of carboxylic acids is 1. The molecule has 0 aliphatic carbocycles. The van der Waals surface area contributed by atoms with Crippen LogP contribution in [0.3, 0.4) is 0 Å². The third-order valence-electron chi connectivity index (χ3n) is 2.69. The smallest absolute Gasteiger partial charge is 0.335 e. The molecule has 0 atom stereocenters. The number of aryl methyl sites for hydroxylation is 2. The van der Waals surface area contributed by atoms with Crippen LogP contribution in [0.5, 0.6) is 0 Å². The molecule has 0 saturated heterocycles. The molecule has 1 heterocycles. The van der Waals surface area contributed by atoms with Gasteiger partial charge in [0.05, 0.1) is 16.9 Å². The molecule has 0 unspecified atom stereocenters. The number of carbonyl (C=O) groups is 2. The molecular formula is C13H13N3O3. The molecule has 2 aromatic rings. The second-order valence-electron chi connectivity index (χ2n) is 4.14. The van der Waals surface area contributed by atoms with E-state index in [1.54, 1.807) is 11.7 Å². The molecule has 2 N–H and O–H groups in total. The molecule has 1 aromatic heterocycles. The molecule has 0 radical (unpaired) electrons. The summed E-state index contributed by atoms with van der Waals surface area (Å²) < 4.78 is 1.62. The van der Waals surface area contributed by atoms with Gasteiger partial charge in [0.25, 0.3) is 0 Å². The van der Waals surface area contributed by atoms with E-state index in [-0.39, 0.29) is 5.56 Å². The van der Waals surface area contributed by atoms with Gasteiger partial charge >= 0.3 is 5.97 Å². The minimum absolute atomic E-state index is 0.118. The number of anilines is 2. The van der Waals surface area contributed by atoms with Crippen LogP contribution in [0, 0.1) is 6.92 Å². The van der Waals surface area contributed by atoms with Gasteiger partial charge in [0.1, 0.15) is 5.82 Å². The monoisotopic (exact) mass is 259 g/mol. The minimum Gasteiger partial charge on any atom is -0.478 e. The van der Waals surface area contributed by atoms with E-state index in [1.165, 1.54) is 18.2 Å². The van der Waals surface area contributed by atoms with Crippen LogP contribution in [0.25, 0.3) is 0 Å². The van der Waals surface area contributed by atoms with E-state index in [9.17, 15) is 9.59 Å². The lowest BCUT2D eigenvalue weighted by molar-refractivity contribution is 0.0696.